The number of aromatic nitrogens is 4. The van der Waals surface area contributed by atoms with Crippen LogP contribution in [-0.2, 0) is 13.6 Å². The lowest BCUT2D eigenvalue weighted by Crippen LogP contribution is -2.13. The van der Waals surface area contributed by atoms with E-state index in [1.54, 1.807) is 16.9 Å². The van der Waals surface area contributed by atoms with Crippen LogP contribution < -0.4 is 11.3 Å². The van der Waals surface area contributed by atoms with Crippen LogP contribution in [0.25, 0.3) is 48.8 Å². The summed E-state index contributed by atoms with van der Waals surface area (Å²) in [5.41, 5.74) is 9.64. The lowest BCUT2D eigenvalue weighted by atomic mass is 9.96. The van der Waals surface area contributed by atoms with E-state index in [1.807, 2.05) is 49.5 Å². The van der Waals surface area contributed by atoms with E-state index >= 15 is 0 Å². The van der Waals surface area contributed by atoms with Gasteiger partial charge in [-0.05, 0) is 28.5 Å². The van der Waals surface area contributed by atoms with Crippen molar-refractivity contribution >= 4 is 38.8 Å². The molecule has 0 fully saturated rings. The fourth-order valence-corrected chi connectivity index (χ4v) is 4.41. The smallest absolute Gasteiger partial charge is 0.272 e. The Balaban J connectivity index is 1.81. The Morgan fingerprint density at radius 2 is 1.94 bits per heavy atom. The summed E-state index contributed by atoms with van der Waals surface area (Å²) in [5.74, 6) is 0. The van der Waals surface area contributed by atoms with Gasteiger partial charge in [0, 0.05) is 30.1 Å². The van der Waals surface area contributed by atoms with Crippen LogP contribution in [0.4, 0.5) is 5.69 Å². The highest BCUT2D eigenvalue weighted by Gasteiger charge is 2.20. The van der Waals surface area contributed by atoms with E-state index in [4.69, 9.17) is 23.9 Å². The van der Waals surface area contributed by atoms with Gasteiger partial charge in [-0.15, -0.1) is 0 Å². The van der Waals surface area contributed by atoms with Crippen LogP contribution in [0.2, 0.25) is 5.02 Å². The van der Waals surface area contributed by atoms with E-state index in [1.165, 1.54) is 0 Å². The molecule has 8 heteroatoms. The van der Waals surface area contributed by atoms with Gasteiger partial charge in [-0.1, -0.05) is 48.0 Å². The van der Waals surface area contributed by atoms with Crippen LogP contribution in [0.3, 0.4) is 0 Å². The van der Waals surface area contributed by atoms with Gasteiger partial charge >= 0.3 is 0 Å². The average molecular weight is 441 g/mol. The second kappa shape index (κ2) is 7.61. The molecular weight excluding hydrogens is 424 g/mol. The van der Waals surface area contributed by atoms with Crippen molar-refractivity contribution in [2.24, 2.45) is 12.8 Å². The van der Waals surface area contributed by atoms with Gasteiger partial charge in [0.15, 0.2) is 0 Å². The van der Waals surface area contributed by atoms with Crippen LogP contribution in [0, 0.1) is 6.57 Å². The number of nitrogens with two attached hydrogens (primary N) is 1. The van der Waals surface area contributed by atoms with E-state index in [0.29, 0.717) is 32.7 Å². The molecule has 0 saturated heterocycles. The Bertz CT molecular complexity index is 1630. The zero-order valence-electron chi connectivity index (χ0n) is 17.1. The first-order chi connectivity index (χ1) is 15.5. The molecule has 5 rings (SSSR count). The number of aromatic amines is 1. The van der Waals surface area contributed by atoms with Gasteiger partial charge in [0.25, 0.3) is 5.56 Å². The number of rotatable bonds is 3. The summed E-state index contributed by atoms with van der Waals surface area (Å²) in [5, 5.41) is 14.4. The number of nitrogens with zero attached hydrogens (tertiary/aromatic N) is 4. The zero-order valence-corrected chi connectivity index (χ0v) is 17.8. The van der Waals surface area contributed by atoms with Crippen LogP contribution >= 0.6 is 11.6 Å². The van der Waals surface area contributed by atoms with Crippen molar-refractivity contribution < 1.29 is 0 Å². The fraction of sp³-hybridized carbons (Fsp3) is 0.0833. The van der Waals surface area contributed by atoms with E-state index in [0.717, 1.165) is 27.6 Å². The third-order valence-electron chi connectivity index (χ3n) is 5.64. The molecule has 156 valence electrons. The molecule has 0 radical (unpaired) electrons. The number of benzene rings is 3. The van der Waals surface area contributed by atoms with Crippen molar-refractivity contribution in [3.05, 3.63) is 87.2 Å². The molecule has 7 nitrogen and oxygen atoms in total. The molecule has 0 aliphatic carbocycles. The number of hydrogen-bond acceptors (Lipinski definition) is 4. The van der Waals surface area contributed by atoms with Crippen molar-refractivity contribution in [1.29, 1.82) is 0 Å². The number of nitrogens with one attached hydrogen (secondary N) is 1. The summed E-state index contributed by atoms with van der Waals surface area (Å²) in [6, 6.07) is 15.2. The van der Waals surface area contributed by atoms with E-state index in [-0.39, 0.29) is 12.1 Å². The average Bonchev–Trinajstić information content (AvgIpc) is 3.20. The first-order valence-corrected chi connectivity index (χ1v) is 10.2. The molecular formula is C24H17ClN6O. The van der Waals surface area contributed by atoms with Gasteiger partial charge < -0.3 is 5.73 Å². The third kappa shape index (κ3) is 2.97. The summed E-state index contributed by atoms with van der Waals surface area (Å²) >= 11 is 6.65. The lowest BCUT2D eigenvalue weighted by Gasteiger charge is -2.13. The maximum absolute atomic E-state index is 12.2. The summed E-state index contributed by atoms with van der Waals surface area (Å²) < 4.78 is 1.73. The zero-order chi connectivity index (χ0) is 22.4. The molecule has 0 unspecified atom stereocenters. The van der Waals surface area contributed by atoms with Crippen LogP contribution in [0.5, 0.6) is 0 Å². The number of hydrogen-bond donors (Lipinski definition) is 2. The predicted molar refractivity (Wildman–Crippen MR) is 127 cm³/mol. The highest BCUT2D eigenvalue weighted by Crippen LogP contribution is 2.44. The third-order valence-corrected chi connectivity index (χ3v) is 6.02. The van der Waals surface area contributed by atoms with Crippen molar-refractivity contribution in [2.75, 3.05) is 0 Å². The maximum atomic E-state index is 12.2. The lowest BCUT2D eigenvalue weighted by molar-refractivity contribution is 0.776. The maximum Gasteiger partial charge on any atom is 0.272 e. The molecule has 0 aliphatic rings. The van der Waals surface area contributed by atoms with Gasteiger partial charge in [0.2, 0.25) is 5.69 Å². The molecule has 3 N–H and O–H groups in total. The molecule has 32 heavy (non-hydrogen) atoms. The Labute approximate surface area is 187 Å². The molecule has 0 amide bonds. The SMILES string of the molecule is [C-]#[N+]c1c(-c2c(-c3ccc4c(=O)[nH]nc(CN)c4c3)cnn2C)cc2ccccc2c1Cl. The summed E-state index contributed by atoms with van der Waals surface area (Å²) in [4.78, 5) is 16.0. The van der Waals surface area contributed by atoms with E-state index in [9.17, 15) is 4.79 Å². The van der Waals surface area contributed by atoms with Gasteiger partial charge in [-0.2, -0.15) is 10.2 Å². The predicted octanol–water partition coefficient (Wildman–Crippen LogP) is 4.81. The number of aryl methyl sites for hydroxylation is 1. The number of H-pyrrole nitrogens is 1. The minimum atomic E-state index is -0.272. The monoisotopic (exact) mass is 440 g/mol. The van der Waals surface area contributed by atoms with Crippen molar-refractivity contribution in [2.45, 2.75) is 6.54 Å². The van der Waals surface area contributed by atoms with Crippen molar-refractivity contribution in [1.82, 2.24) is 20.0 Å². The molecule has 5 aromatic rings. The highest BCUT2D eigenvalue weighted by molar-refractivity contribution is 6.39. The Morgan fingerprint density at radius 1 is 1.12 bits per heavy atom. The standard InChI is InChI=1S/C24H17ClN6O/c1-27-22-18(10-13-5-3-4-6-15(13)21(22)25)23-19(12-28-31(23)2)14-7-8-16-17(9-14)20(11-26)29-30-24(16)32/h3-10,12H,11,26H2,2H3,(H,30,32). The van der Waals surface area contributed by atoms with Crippen molar-refractivity contribution in [3.8, 4) is 22.4 Å². The molecule has 0 bridgehead atoms. The highest BCUT2D eigenvalue weighted by atomic mass is 35.5. The largest absolute Gasteiger partial charge is 0.325 e. The van der Waals surface area contributed by atoms with Crippen LogP contribution in [0.1, 0.15) is 5.69 Å². The number of halogens is 1. The second-order valence-corrected chi connectivity index (χ2v) is 7.79. The molecule has 0 saturated carbocycles. The summed E-state index contributed by atoms with van der Waals surface area (Å²) in [7, 11) is 1.83. The molecule has 0 spiro atoms. The molecule has 0 aliphatic heterocycles. The summed E-state index contributed by atoms with van der Waals surface area (Å²) in [6.45, 7) is 7.98. The number of fused-ring (bicyclic) bond motifs is 2. The van der Waals surface area contributed by atoms with Crippen LogP contribution in [0.15, 0.2) is 59.5 Å². The first kappa shape index (κ1) is 19.9. The first-order valence-electron chi connectivity index (χ1n) is 9.86. The normalized spacial score (nSPS) is 11.2. The van der Waals surface area contributed by atoms with E-state index < -0.39 is 0 Å². The van der Waals surface area contributed by atoms with Gasteiger partial charge in [-0.25, -0.2) is 9.94 Å². The van der Waals surface area contributed by atoms with Gasteiger partial charge in [0.1, 0.15) is 0 Å². The molecule has 0 atom stereocenters. The van der Waals surface area contributed by atoms with Crippen molar-refractivity contribution in [3.63, 3.8) is 0 Å². The minimum absolute atomic E-state index is 0.193. The Morgan fingerprint density at radius 3 is 2.72 bits per heavy atom. The minimum Gasteiger partial charge on any atom is -0.325 e. The Kier molecular flexibility index (Phi) is 4.74. The van der Waals surface area contributed by atoms with Gasteiger partial charge in [-0.3, -0.25) is 9.48 Å². The second-order valence-electron chi connectivity index (χ2n) is 7.41. The van der Waals surface area contributed by atoms with E-state index in [2.05, 4.69) is 20.1 Å². The molecule has 3 aromatic carbocycles. The molecule has 2 aromatic heterocycles. The fourth-order valence-electron chi connectivity index (χ4n) is 4.09. The topological polar surface area (TPSA) is 93.9 Å². The van der Waals surface area contributed by atoms with Crippen LogP contribution in [-0.4, -0.2) is 20.0 Å². The van der Waals surface area contributed by atoms with Gasteiger partial charge in [0.05, 0.1) is 34.6 Å². The quantitative estimate of drug-likeness (QED) is 0.394. The molecule has 2 heterocycles. The Hall–Kier alpha value is -3.99. The summed E-state index contributed by atoms with van der Waals surface area (Å²) in [6.07, 6.45) is 1.75.